The minimum absolute atomic E-state index is 0.305. The Morgan fingerprint density at radius 2 is 2.00 bits per heavy atom. The Hall–Kier alpha value is -2.58. The molecule has 28 heavy (non-hydrogen) atoms. The van der Waals surface area contributed by atoms with Crippen molar-refractivity contribution in [1.82, 2.24) is 25.4 Å². The van der Waals surface area contributed by atoms with Crippen LogP contribution in [0.5, 0.6) is 0 Å². The smallest absolute Gasteiger partial charge is 0.356 e. The van der Waals surface area contributed by atoms with Crippen LogP contribution in [0.15, 0.2) is 29.3 Å². The molecular weight excluding hydrogens is 369 g/mol. The summed E-state index contributed by atoms with van der Waals surface area (Å²) < 4.78 is 41.1. The predicted molar refractivity (Wildman–Crippen MR) is 101 cm³/mol. The number of nitrogens with one attached hydrogen (secondary N) is 2. The third-order valence-electron chi connectivity index (χ3n) is 5.53. The Kier molecular flexibility index (Phi) is 5.62. The summed E-state index contributed by atoms with van der Waals surface area (Å²) in [6, 6.07) is 5.67. The van der Waals surface area contributed by atoms with Crippen molar-refractivity contribution >= 4 is 5.96 Å². The first kappa shape index (κ1) is 20.2. The standard InChI is InChI=1S/C19H25F3N6/c1-13-26-27-16(28(13)3)11-24-17(23-2)25-12-18(8-5-9-18)14-6-4-7-15(10-14)19(20,21)22/h4,6-7,10H,5,8-9,11-12H2,1-3H3,(H2,23,24,25). The molecule has 1 heterocycles. The monoisotopic (exact) mass is 394 g/mol. The minimum atomic E-state index is -4.33. The zero-order valence-electron chi connectivity index (χ0n) is 16.3. The summed E-state index contributed by atoms with van der Waals surface area (Å²) in [6.45, 7) is 2.85. The second-order valence-corrected chi connectivity index (χ2v) is 7.21. The minimum Gasteiger partial charge on any atom is -0.356 e. The van der Waals surface area contributed by atoms with Gasteiger partial charge in [-0.15, -0.1) is 10.2 Å². The van der Waals surface area contributed by atoms with E-state index in [2.05, 4.69) is 25.8 Å². The van der Waals surface area contributed by atoms with E-state index >= 15 is 0 Å². The first-order chi connectivity index (χ1) is 13.2. The molecule has 1 aliphatic rings. The molecule has 0 atom stereocenters. The van der Waals surface area contributed by atoms with Crippen molar-refractivity contribution in [3.8, 4) is 0 Å². The van der Waals surface area contributed by atoms with E-state index in [9.17, 15) is 13.2 Å². The number of benzene rings is 1. The average molecular weight is 394 g/mol. The molecule has 1 aromatic heterocycles. The van der Waals surface area contributed by atoms with E-state index in [1.54, 1.807) is 13.1 Å². The van der Waals surface area contributed by atoms with Gasteiger partial charge in [-0.05, 0) is 31.4 Å². The van der Waals surface area contributed by atoms with Crippen LogP contribution in [0.3, 0.4) is 0 Å². The lowest BCUT2D eigenvalue weighted by Crippen LogP contribution is -2.48. The maximum absolute atomic E-state index is 13.1. The Balaban J connectivity index is 1.66. The fourth-order valence-electron chi connectivity index (χ4n) is 3.44. The lowest BCUT2D eigenvalue weighted by molar-refractivity contribution is -0.137. The van der Waals surface area contributed by atoms with E-state index in [-0.39, 0.29) is 5.41 Å². The summed E-state index contributed by atoms with van der Waals surface area (Å²) in [5, 5.41) is 14.6. The molecule has 0 saturated heterocycles. The first-order valence-electron chi connectivity index (χ1n) is 9.22. The number of nitrogens with zero attached hydrogens (tertiary/aromatic N) is 4. The van der Waals surface area contributed by atoms with Crippen molar-refractivity contribution in [3.05, 3.63) is 47.0 Å². The van der Waals surface area contributed by atoms with Gasteiger partial charge in [0, 0.05) is 26.1 Å². The van der Waals surface area contributed by atoms with Gasteiger partial charge in [-0.2, -0.15) is 13.2 Å². The first-order valence-corrected chi connectivity index (χ1v) is 9.22. The highest BCUT2D eigenvalue weighted by Crippen LogP contribution is 2.44. The maximum atomic E-state index is 13.1. The van der Waals surface area contributed by atoms with Crippen molar-refractivity contribution in [3.63, 3.8) is 0 Å². The van der Waals surface area contributed by atoms with E-state index in [4.69, 9.17) is 0 Å². The van der Waals surface area contributed by atoms with E-state index in [0.29, 0.717) is 19.0 Å². The predicted octanol–water partition coefficient (Wildman–Crippen LogP) is 2.93. The van der Waals surface area contributed by atoms with Crippen molar-refractivity contribution in [2.75, 3.05) is 13.6 Å². The molecule has 2 aromatic rings. The second-order valence-electron chi connectivity index (χ2n) is 7.21. The van der Waals surface area contributed by atoms with Crippen molar-refractivity contribution in [2.24, 2.45) is 12.0 Å². The van der Waals surface area contributed by atoms with Gasteiger partial charge in [-0.1, -0.05) is 24.6 Å². The zero-order chi connectivity index (χ0) is 20.4. The Bertz CT molecular complexity index is 852. The molecule has 0 bridgehead atoms. The summed E-state index contributed by atoms with van der Waals surface area (Å²) in [4.78, 5) is 4.21. The number of aliphatic imine (C=N–C) groups is 1. The van der Waals surface area contributed by atoms with Gasteiger partial charge < -0.3 is 15.2 Å². The Morgan fingerprint density at radius 3 is 2.54 bits per heavy atom. The van der Waals surface area contributed by atoms with Crippen LogP contribution in [0.2, 0.25) is 0 Å². The number of alkyl halides is 3. The number of aromatic nitrogens is 3. The third-order valence-corrected chi connectivity index (χ3v) is 5.53. The number of aryl methyl sites for hydroxylation is 1. The quantitative estimate of drug-likeness (QED) is 0.605. The van der Waals surface area contributed by atoms with E-state index in [1.807, 2.05) is 18.5 Å². The number of rotatable bonds is 5. The van der Waals surface area contributed by atoms with Crippen LogP contribution in [0, 0.1) is 6.92 Å². The van der Waals surface area contributed by atoms with Crippen LogP contribution in [0.25, 0.3) is 0 Å². The molecule has 0 aliphatic heterocycles. The molecule has 0 radical (unpaired) electrons. The lowest BCUT2D eigenvalue weighted by Gasteiger charge is -2.43. The number of hydrogen-bond donors (Lipinski definition) is 2. The molecule has 0 unspecified atom stereocenters. The molecule has 9 heteroatoms. The number of guanidine groups is 1. The molecule has 6 nitrogen and oxygen atoms in total. The van der Waals surface area contributed by atoms with Crippen molar-refractivity contribution < 1.29 is 13.2 Å². The average Bonchev–Trinajstić information content (AvgIpc) is 2.95. The zero-order valence-corrected chi connectivity index (χ0v) is 16.3. The largest absolute Gasteiger partial charge is 0.416 e. The van der Waals surface area contributed by atoms with Gasteiger partial charge in [-0.25, -0.2) is 0 Å². The van der Waals surface area contributed by atoms with Gasteiger partial charge in [-0.3, -0.25) is 4.99 Å². The lowest BCUT2D eigenvalue weighted by atomic mass is 9.64. The van der Waals surface area contributed by atoms with Crippen molar-refractivity contribution in [2.45, 2.75) is 44.3 Å². The molecule has 1 aromatic carbocycles. The summed E-state index contributed by atoms with van der Waals surface area (Å²) in [6.07, 6.45) is -1.63. The van der Waals surface area contributed by atoms with Crippen molar-refractivity contribution in [1.29, 1.82) is 0 Å². The van der Waals surface area contributed by atoms with Gasteiger partial charge in [0.25, 0.3) is 0 Å². The fraction of sp³-hybridized carbons (Fsp3) is 0.526. The molecular formula is C19H25F3N6. The van der Waals surface area contributed by atoms with Gasteiger partial charge in [0.05, 0.1) is 12.1 Å². The number of halogens is 3. The van der Waals surface area contributed by atoms with Gasteiger partial charge in [0.15, 0.2) is 11.8 Å². The van der Waals surface area contributed by atoms with Gasteiger partial charge in [0.1, 0.15) is 5.82 Å². The molecule has 152 valence electrons. The second kappa shape index (κ2) is 7.81. The van der Waals surface area contributed by atoms with Crippen LogP contribution in [0.1, 0.15) is 42.0 Å². The molecule has 2 N–H and O–H groups in total. The highest BCUT2D eigenvalue weighted by molar-refractivity contribution is 5.79. The third kappa shape index (κ3) is 4.13. The molecule has 1 fully saturated rings. The van der Waals surface area contributed by atoms with E-state index in [0.717, 1.165) is 42.5 Å². The normalized spacial score (nSPS) is 16.6. The molecule has 0 spiro atoms. The Labute approximate surface area is 162 Å². The van der Waals surface area contributed by atoms with Crippen LogP contribution in [-0.2, 0) is 25.2 Å². The highest BCUT2D eigenvalue weighted by Gasteiger charge is 2.40. The summed E-state index contributed by atoms with van der Waals surface area (Å²) in [5.74, 6) is 2.17. The number of hydrogen-bond acceptors (Lipinski definition) is 3. The molecule has 1 saturated carbocycles. The summed E-state index contributed by atoms with van der Waals surface area (Å²) in [5.41, 5.74) is -0.183. The van der Waals surface area contributed by atoms with Gasteiger partial charge in [0.2, 0.25) is 0 Å². The Morgan fingerprint density at radius 1 is 1.25 bits per heavy atom. The van der Waals surface area contributed by atoms with Gasteiger partial charge >= 0.3 is 6.18 Å². The highest BCUT2D eigenvalue weighted by atomic mass is 19.4. The van der Waals surface area contributed by atoms with E-state index in [1.165, 1.54) is 12.1 Å². The molecule has 1 aliphatic carbocycles. The molecule has 3 rings (SSSR count). The van der Waals surface area contributed by atoms with Crippen LogP contribution in [0.4, 0.5) is 13.2 Å². The fourth-order valence-corrected chi connectivity index (χ4v) is 3.44. The summed E-state index contributed by atoms with van der Waals surface area (Å²) >= 11 is 0. The topological polar surface area (TPSA) is 67.1 Å². The molecule has 0 amide bonds. The maximum Gasteiger partial charge on any atom is 0.416 e. The van der Waals surface area contributed by atoms with Crippen LogP contribution >= 0.6 is 0 Å². The van der Waals surface area contributed by atoms with Crippen LogP contribution in [-0.4, -0.2) is 34.3 Å². The SMILES string of the molecule is CN=C(NCc1nnc(C)n1C)NCC1(c2cccc(C(F)(F)F)c2)CCC1. The van der Waals surface area contributed by atoms with E-state index < -0.39 is 11.7 Å². The van der Waals surface area contributed by atoms with Crippen LogP contribution < -0.4 is 10.6 Å². The summed E-state index contributed by atoms with van der Waals surface area (Å²) in [7, 11) is 3.55.